The summed E-state index contributed by atoms with van der Waals surface area (Å²) in [7, 11) is 1.51. The van der Waals surface area contributed by atoms with Crippen molar-refractivity contribution in [2.45, 2.75) is 0 Å². The Morgan fingerprint density at radius 3 is 2.52 bits per heavy atom. The van der Waals surface area contributed by atoms with E-state index in [0.29, 0.717) is 22.8 Å². The Kier molecular flexibility index (Phi) is 6.08. The Morgan fingerprint density at radius 1 is 0.968 bits per heavy atom. The van der Waals surface area contributed by atoms with Crippen LogP contribution in [-0.2, 0) is 14.3 Å². The second-order valence-electron chi connectivity index (χ2n) is 6.60. The first kappa shape index (κ1) is 20.7. The van der Waals surface area contributed by atoms with E-state index in [2.05, 4.69) is 21.2 Å². The summed E-state index contributed by atoms with van der Waals surface area (Å²) in [5, 5.41) is 4.52. The van der Waals surface area contributed by atoms with Gasteiger partial charge >= 0.3 is 5.97 Å². The van der Waals surface area contributed by atoms with E-state index >= 15 is 0 Å². The van der Waals surface area contributed by atoms with Crippen molar-refractivity contribution in [3.8, 4) is 11.5 Å². The van der Waals surface area contributed by atoms with Crippen LogP contribution in [-0.4, -0.2) is 32.2 Å². The highest BCUT2D eigenvalue weighted by atomic mass is 79.9. The first-order valence-electron chi connectivity index (χ1n) is 9.36. The van der Waals surface area contributed by atoms with Gasteiger partial charge in [-0.05, 0) is 36.4 Å². The van der Waals surface area contributed by atoms with Crippen LogP contribution in [0, 0.1) is 0 Å². The fraction of sp³-hybridized carbons (Fsp3) is 0.130. The van der Waals surface area contributed by atoms with E-state index < -0.39 is 18.5 Å². The number of carbonyl (C=O) groups is 2. The molecule has 31 heavy (non-hydrogen) atoms. The first-order valence-corrected chi connectivity index (χ1v) is 10.2. The van der Waals surface area contributed by atoms with Gasteiger partial charge in [-0.15, -0.1) is 0 Å². The average molecular weight is 484 g/mol. The summed E-state index contributed by atoms with van der Waals surface area (Å²) in [6.45, 7) is -0.757. The van der Waals surface area contributed by atoms with Gasteiger partial charge in [-0.2, -0.15) is 0 Å². The number of amides is 1. The van der Waals surface area contributed by atoms with Crippen molar-refractivity contribution in [2.24, 2.45) is 0 Å². The van der Waals surface area contributed by atoms with E-state index in [-0.39, 0.29) is 6.61 Å². The molecule has 0 aliphatic heterocycles. The molecule has 4 aromatic rings. The number of methoxy groups -OCH3 is 1. The molecular formula is C23H18BrNO6. The van der Waals surface area contributed by atoms with Gasteiger partial charge in [0.1, 0.15) is 22.7 Å². The molecule has 0 bridgehead atoms. The van der Waals surface area contributed by atoms with E-state index in [1.165, 1.54) is 7.11 Å². The smallest absolute Gasteiger partial charge is 0.344 e. The van der Waals surface area contributed by atoms with Gasteiger partial charge in [0.2, 0.25) is 0 Å². The maximum atomic E-state index is 12.3. The fourth-order valence-electron chi connectivity index (χ4n) is 3.07. The number of carbonyl (C=O) groups excluding carboxylic acids is 2. The van der Waals surface area contributed by atoms with Gasteiger partial charge in [-0.3, -0.25) is 4.79 Å². The maximum Gasteiger partial charge on any atom is 0.344 e. The Labute approximate surface area is 186 Å². The normalized spacial score (nSPS) is 10.8. The van der Waals surface area contributed by atoms with E-state index in [4.69, 9.17) is 18.6 Å². The van der Waals surface area contributed by atoms with Crippen LogP contribution in [0.5, 0.6) is 11.5 Å². The number of fused-ring (bicyclic) bond motifs is 3. The number of hydrogen-bond donors (Lipinski definition) is 1. The van der Waals surface area contributed by atoms with E-state index in [1.807, 2.05) is 24.3 Å². The minimum absolute atomic E-state index is 0.302. The van der Waals surface area contributed by atoms with Crippen LogP contribution in [0.1, 0.15) is 0 Å². The number of rotatable bonds is 7. The van der Waals surface area contributed by atoms with E-state index in [1.54, 1.807) is 36.4 Å². The minimum Gasteiger partial charge on any atom is -0.495 e. The molecule has 0 saturated carbocycles. The summed E-state index contributed by atoms with van der Waals surface area (Å²) in [4.78, 5) is 24.1. The molecule has 1 heterocycles. The number of ether oxygens (including phenoxy) is 3. The molecule has 1 amide bonds. The van der Waals surface area contributed by atoms with Gasteiger partial charge in [-0.25, -0.2) is 4.79 Å². The van der Waals surface area contributed by atoms with Gasteiger partial charge < -0.3 is 23.9 Å². The van der Waals surface area contributed by atoms with Crippen LogP contribution in [0.4, 0.5) is 5.69 Å². The van der Waals surface area contributed by atoms with Crippen molar-refractivity contribution in [3.05, 3.63) is 65.1 Å². The summed E-state index contributed by atoms with van der Waals surface area (Å²) in [6.07, 6.45) is 0. The number of furan rings is 1. The molecule has 0 fully saturated rings. The molecule has 8 heteroatoms. The molecule has 4 rings (SSSR count). The lowest BCUT2D eigenvalue weighted by Gasteiger charge is -2.11. The van der Waals surface area contributed by atoms with Crippen molar-refractivity contribution in [3.63, 3.8) is 0 Å². The Balaban J connectivity index is 1.38. The minimum atomic E-state index is -0.655. The molecule has 1 aromatic heterocycles. The maximum absolute atomic E-state index is 12.3. The number of esters is 1. The standard InChI is InChI=1S/C23H18BrNO6/c1-28-21-10-17-16-4-2-3-5-19(16)31-20(17)11-18(21)25-22(26)12-30-23(27)13-29-15-8-6-14(24)7-9-15/h2-11H,12-13H2,1H3,(H,25,26). The molecule has 0 unspecified atom stereocenters. The predicted molar refractivity (Wildman–Crippen MR) is 119 cm³/mol. The topological polar surface area (TPSA) is 87.0 Å². The molecule has 158 valence electrons. The lowest BCUT2D eigenvalue weighted by molar-refractivity contribution is -0.149. The molecule has 1 N–H and O–H groups in total. The second-order valence-corrected chi connectivity index (χ2v) is 7.51. The number of halogens is 1. The van der Waals surface area contributed by atoms with Gasteiger partial charge in [0.15, 0.2) is 13.2 Å². The second kappa shape index (κ2) is 9.09. The first-order chi connectivity index (χ1) is 15.0. The number of para-hydroxylation sites is 1. The van der Waals surface area contributed by atoms with Crippen molar-refractivity contribution < 1.29 is 28.2 Å². The van der Waals surface area contributed by atoms with Crippen molar-refractivity contribution in [1.82, 2.24) is 0 Å². The zero-order chi connectivity index (χ0) is 21.8. The summed E-state index contributed by atoms with van der Waals surface area (Å²) in [5.74, 6) is -0.172. The Morgan fingerprint density at radius 2 is 1.74 bits per heavy atom. The summed E-state index contributed by atoms with van der Waals surface area (Å²) < 4.78 is 22.5. The van der Waals surface area contributed by atoms with Crippen LogP contribution < -0.4 is 14.8 Å². The zero-order valence-electron chi connectivity index (χ0n) is 16.5. The molecular weight excluding hydrogens is 466 g/mol. The van der Waals surface area contributed by atoms with Gasteiger partial charge in [0.05, 0.1) is 12.8 Å². The number of hydrogen-bond acceptors (Lipinski definition) is 6. The highest BCUT2D eigenvalue weighted by molar-refractivity contribution is 9.10. The largest absolute Gasteiger partial charge is 0.495 e. The zero-order valence-corrected chi connectivity index (χ0v) is 18.1. The summed E-state index contributed by atoms with van der Waals surface area (Å²) in [5.41, 5.74) is 1.76. The fourth-order valence-corrected chi connectivity index (χ4v) is 3.33. The average Bonchev–Trinajstić information content (AvgIpc) is 3.14. The molecule has 0 aliphatic carbocycles. The summed E-state index contributed by atoms with van der Waals surface area (Å²) in [6, 6.07) is 18.1. The molecule has 0 spiro atoms. The Hall–Kier alpha value is -3.52. The lowest BCUT2D eigenvalue weighted by Crippen LogP contribution is -2.23. The third-order valence-corrected chi connectivity index (χ3v) is 5.04. The van der Waals surface area contributed by atoms with Crippen LogP contribution in [0.2, 0.25) is 0 Å². The monoisotopic (exact) mass is 483 g/mol. The quantitative estimate of drug-likeness (QED) is 0.375. The molecule has 0 saturated heterocycles. The molecule has 0 radical (unpaired) electrons. The SMILES string of the molecule is COc1cc2c(cc1NC(=O)COC(=O)COc1ccc(Br)cc1)oc1ccccc12. The van der Waals surface area contributed by atoms with Crippen LogP contribution in [0.15, 0.2) is 69.6 Å². The van der Waals surface area contributed by atoms with Gasteiger partial charge in [0, 0.05) is 21.3 Å². The number of benzene rings is 3. The van der Waals surface area contributed by atoms with Crippen molar-refractivity contribution in [1.29, 1.82) is 0 Å². The molecule has 0 aliphatic rings. The van der Waals surface area contributed by atoms with Crippen LogP contribution in [0.3, 0.4) is 0 Å². The number of nitrogens with one attached hydrogen (secondary N) is 1. The van der Waals surface area contributed by atoms with Gasteiger partial charge in [-0.1, -0.05) is 34.1 Å². The predicted octanol–water partition coefficient (Wildman–Crippen LogP) is 4.92. The van der Waals surface area contributed by atoms with Gasteiger partial charge in [0.25, 0.3) is 5.91 Å². The number of anilines is 1. The third-order valence-electron chi connectivity index (χ3n) is 4.51. The molecule has 0 atom stereocenters. The molecule has 7 nitrogen and oxygen atoms in total. The van der Waals surface area contributed by atoms with Crippen molar-refractivity contribution >= 4 is 55.4 Å². The molecule has 3 aromatic carbocycles. The highest BCUT2D eigenvalue weighted by Crippen LogP contribution is 2.36. The highest BCUT2D eigenvalue weighted by Gasteiger charge is 2.15. The van der Waals surface area contributed by atoms with E-state index in [0.717, 1.165) is 20.8 Å². The third kappa shape index (κ3) is 4.80. The lowest BCUT2D eigenvalue weighted by atomic mass is 10.1. The Bertz CT molecular complexity index is 1250. The van der Waals surface area contributed by atoms with E-state index in [9.17, 15) is 9.59 Å². The van der Waals surface area contributed by atoms with Crippen LogP contribution >= 0.6 is 15.9 Å². The van der Waals surface area contributed by atoms with Crippen molar-refractivity contribution in [2.75, 3.05) is 25.6 Å². The van der Waals surface area contributed by atoms with Crippen LogP contribution in [0.25, 0.3) is 21.9 Å². The summed E-state index contributed by atoms with van der Waals surface area (Å²) >= 11 is 3.32.